The standard InChI is InChI=1S/C22H20Cl2N2O4/c23-15-1-3-17-13(9-15)11-19(29-17)21(27)25-5-7-26(8-6-25)22(28)20-12-14-10-16(24)2-4-18(14)30-20/h1-4,9-10,19-20H,5-8,11-12H2. The Hall–Kier alpha value is -2.44. The van der Waals surface area contributed by atoms with E-state index in [-0.39, 0.29) is 11.8 Å². The molecule has 5 rings (SSSR count). The van der Waals surface area contributed by atoms with E-state index in [1.807, 2.05) is 12.1 Å². The molecule has 2 aromatic rings. The van der Waals surface area contributed by atoms with Gasteiger partial charge in [-0.2, -0.15) is 0 Å². The Morgan fingerprint density at radius 1 is 0.733 bits per heavy atom. The van der Waals surface area contributed by atoms with Crippen LogP contribution in [0.3, 0.4) is 0 Å². The number of amides is 2. The number of halogens is 2. The van der Waals surface area contributed by atoms with Crippen molar-refractivity contribution in [2.75, 3.05) is 26.2 Å². The number of nitrogens with zero attached hydrogens (tertiary/aromatic N) is 2. The van der Waals surface area contributed by atoms with Crippen molar-refractivity contribution in [2.24, 2.45) is 0 Å². The third kappa shape index (κ3) is 3.59. The molecular weight excluding hydrogens is 427 g/mol. The molecule has 2 aromatic carbocycles. The largest absolute Gasteiger partial charge is 0.480 e. The van der Waals surface area contributed by atoms with Crippen LogP contribution in [0.5, 0.6) is 11.5 Å². The smallest absolute Gasteiger partial charge is 0.264 e. The monoisotopic (exact) mass is 446 g/mol. The summed E-state index contributed by atoms with van der Waals surface area (Å²) in [6.07, 6.45) is -0.0221. The highest BCUT2D eigenvalue weighted by Gasteiger charge is 2.37. The SMILES string of the molecule is O=C(C1Cc2cc(Cl)ccc2O1)N1CCN(C(=O)C2Cc3cc(Cl)ccc3O2)CC1. The molecule has 0 spiro atoms. The highest BCUT2D eigenvalue weighted by molar-refractivity contribution is 6.31. The Kier molecular flexibility index (Phi) is 4.99. The van der Waals surface area contributed by atoms with Gasteiger partial charge in [0.15, 0.2) is 12.2 Å². The Labute approximate surface area is 184 Å². The quantitative estimate of drug-likeness (QED) is 0.711. The van der Waals surface area contributed by atoms with Crippen LogP contribution in [0.15, 0.2) is 36.4 Å². The van der Waals surface area contributed by atoms with Crippen LogP contribution in [0, 0.1) is 0 Å². The maximum Gasteiger partial charge on any atom is 0.264 e. The summed E-state index contributed by atoms with van der Waals surface area (Å²) in [5.41, 5.74) is 1.90. The van der Waals surface area contributed by atoms with Crippen LogP contribution in [0.4, 0.5) is 0 Å². The molecule has 3 heterocycles. The van der Waals surface area contributed by atoms with Crippen molar-refractivity contribution in [2.45, 2.75) is 25.0 Å². The Balaban J connectivity index is 1.16. The molecule has 1 saturated heterocycles. The van der Waals surface area contributed by atoms with Gasteiger partial charge in [-0.15, -0.1) is 0 Å². The first-order chi connectivity index (χ1) is 14.5. The molecule has 30 heavy (non-hydrogen) atoms. The Bertz CT molecular complexity index is 939. The topological polar surface area (TPSA) is 59.1 Å². The van der Waals surface area contributed by atoms with E-state index in [1.54, 1.807) is 34.1 Å². The fraction of sp³-hybridized carbons (Fsp3) is 0.364. The van der Waals surface area contributed by atoms with Crippen LogP contribution in [0.25, 0.3) is 0 Å². The summed E-state index contributed by atoms with van der Waals surface area (Å²) < 4.78 is 11.6. The number of benzene rings is 2. The summed E-state index contributed by atoms with van der Waals surface area (Å²) in [6.45, 7) is 1.92. The summed E-state index contributed by atoms with van der Waals surface area (Å²) in [6, 6.07) is 10.8. The van der Waals surface area contributed by atoms with Crippen molar-refractivity contribution in [3.05, 3.63) is 57.6 Å². The maximum atomic E-state index is 12.9. The van der Waals surface area contributed by atoms with Crippen molar-refractivity contribution in [3.63, 3.8) is 0 Å². The number of rotatable bonds is 2. The zero-order valence-corrected chi connectivity index (χ0v) is 17.7. The highest BCUT2D eigenvalue weighted by Crippen LogP contribution is 2.33. The lowest BCUT2D eigenvalue weighted by atomic mass is 10.1. The predicted molar refractivity (Wildman–Crippen MR) is 112 cm³/mol. The van der Waals surface area contributed by atoms with Gasteiger partial charge < -0.3 is 19.3 Å². The van der Waals surface area contributed by atoms with Crippen molar-refractivity contribution >= 4 is 35.0 Å². The van der Waals surface area contributed by atoms with E-state index in [9.17, 15) is 9.59 Å². The molecule has 0 saturated carbocycles. The van der Waals surface area contributed by atoms with Crippen LogP contribution >= 0.6 is 23.2 Å². The molecule has 8 heteroatoms. The molecule has 0 aromatic heterocycles. The van der Waals surface area contributed by atoms with Gasteiger partial charge in [-0.1, -0.05) is 23.2 Å². The van der Waals surface area contributed by atoms with Crippen LogP contribution in [-0.4, -0.2) is 60.0 Å². The van der Waals surface area contributed by atoms with Gasteiger partial charge in [-0.3, -0.25) is 9.59 Å². The maximum absolute atomic E-state index is 12.9. The zero-order chi connectivity index (χ0) is 20.8. The molecule has 3 aliphatic rings. The number of hydrogen-bond donors (Lipinski definition) is 0. The van der Waals surface area contributed by atoms with E-state index in [4.69, 9.17) is 32.7 Å². The summed E-state index contributed by atoms with van der Waals surface area (Å²) >= 11 is 12.1. The van der Waals surface area contributed by atoms with Gasteiger partial charge in [0, 0.05) is 49.1 Å². The van der Waals surface area contributed by atoms with Gasteiger partial charge in [0.25, 0.3) is 11.8 Å². The molecule has 0 N–H and O–H groups in total. The van der Waals surface area contributed by atoms with E-state index in [1.165, 1.54) is 0 Å². The molecule has 156 valence electrons. The molecule has 1 fully saturated rings. The van der Waals surface area contributed by atoms with Crippen LogP contribution in [0.1, 0.15) is 11.1 Å². The van der Waals surface area contributed by atoms with E-state index < -0.39 is 12.2 Å². The van der Waals surface area contributed by atoms with Gasteiger partial charge in [0.2, 0.25) is 0 Å². The number of ether oxygens (including phenoxy) is 2. The molecule has 6 nitrogen and oxygen atoms in total. The second-order valence-electron chi connectivity index (χ2n) is 7.78. The van der Waals surface area contributed by atoms with Gasteiger partial charge in [0.1, 0.15) is 11.5 Å². The Morgan fingerprint density at radius 2 is 1.13 bits per heavy atom. The van der Waals surface area contributed by atoms with Gasteiger partial charge >= 0.3 is 0 Å². The third-order valence-electron chi connectivity index (χ3n) is 5.85. The molecular formula is C22H20Cl2N2O4. The minimum absolute atomic E-state index is 0.0476. The molecule has 2 amide bonds. The minimum Gasteiger partial charge on any atom is -0.480 e. The highest BCUT2D eigenvalue weighted by atomic mass is 35.5. The summed E-state index contributed by atoms with van der Waals surface area (Å²) in [5.74, 6) is 1.33. The second-order valence-corrected chi connectivity index (χ2v) is 8.65. The van der Waals surface area contributed by atoms with Crippen LogP contribution < -0.4 is 9.47 Å². The lowest BCUT2D eigenvalue weighted by molar-refractivity contribution is -0.146. The lowest BCUT2D eigenvalue weighted by Crippen LogP contribution is -2.55. The van der Waals surface area contributed by atoms with Crippen molar-refractivity contribution in [1.82, 2.24) is 9.80 Å². The first-order valence-electron chi connectivity index (χ1n) is 9.96. The normalized spacial score (nSPS) is 22.2. The summed E-state index contributed by atoms with van der Waals surface area (Å²) in [4.78, 5) is 29.3. The predicted octanol–water partition coefficient (Wildman–Crippen LogP) is 2.97. The van der Waals surface area contributed by atoms with Gasteiger partial charge in [-0.25, -0.2) is 0 Å². The number of carbonyl (C=O) groups excluding carboxylic acids is 2. The Morgan fingerprint density at radius 3 is 1.53 bits per heavy atom. The minimum atomic E-state index is -0.530. The van der Waals surface area contributed by atoms with Gasteiger partial charge in [-0.05, 0) is 47.5 Å². The molecule has 0 bridgehead atoms. The van der Waals surface area contributed by atoms with Crippen LogP contribution in [0.2, 0.25) is 10.0 Å². The second kappa shape index (κ2) is 7.67. The molecule has 2 unspecified atom stereocenters. The summed E-state index contributed by atoms with van der Waals surface area (Å²) in [5, 5.41) is 1.27. The average Bonchev–Trinajstić information content (AvgIpc) is 3.36. The zero-order valence-electron chi connectivity index (χ0n) is 16.1. The third-order valence-corrected chi connectivity index (χ3v) is 6.32. The van der Waals surface area contributed by atoms with E-state index in [0.29, 0.717) is 60.6 Å². The summed E-state index contributed by atoms with van der Waals surface area (Å²) in [7, 11) is 0. The molecule has 0 radical (unpaired) electrons. The first kappa shape index (κ1) is 19.5. The molecule has 3 aliphatic heterocycles. The molecule has 2 atom stereocenters. The van der Waals surface area contributed by atoms with Gasteiger partial charge in [0.05, 0.1) is 0 Å². The van der Waals surface area contributed by atoms with Crippen LogP contribution in [-0.2, 0) is 22.4 Å². The fourth-order valence-corrected chi connectivity index (χ4v) is 4.65. The first-order valence-corrected chi connectivity index (χ1v) is 10.7. The van der Waals surface area contributed by atoms with Crippen molar-refractivity contribution < 1.29 is 19.1 Å². The average molecular weight is 447 g/mol. The molecule has 0 aliphatic carbocycles. The number of hydrogen-bond acceptors (Lipinski definition) is 4. The van der Waals surface area contributed by atoms with Crippen molar-refractivity contribution in [1.29, 1.82) is 0 Å². The van der Waals surface area contributed by atoms with Crippen molar-refractivity contribution in [3.8, 4) is 11.5 Å². The number of carbonyl (C=O) groups is 2. The fourth-order valence-electron chi connectivity index (χ4n) is 4.26. The van der Waals surface area contributed by atoms with E-state index in [2.05, 4.69) is 0 Å². The van der Waals surface area contributed by atoms with E-state index in [0.717, 1.165) is 11.1 Å². The number of fused-ring (bicyclic) bond motifs is 2. The lowest BCUT2D eigenvalue weighted by Gasteiger charge is -2.36. The van der Waals surface area contributed by atoms with E-state index >= 15 is 0 Å². The number of piperazine rings is 1.